The molecule has 0 aliphatic carbocycles. The maximum Gasteiger partial charge on any atom is 0.241 e. The highest BCUT2D eigenvalue weighted by atomic mass is 16.2. The highest BCUT2D eigenvalue weighted by Crippen LogP contribution is 2.31. The first-order valence-corrected chi connectivity index (χ1v) is 6.99. The molecule has 0 atom stereocenters. The molecule has 1 aliphatic rings. The largest absolute Gasteiger partial charge is 0.398 e. The van der Waals surface area contributed by atoms with Gasteiger partial charge in [-0.2, -0.15) is 0 Å². The van der Waals surface area contributed by atoms with Gasteiger partial charge in [-0.1, -0.05) is 13.0 Å². The molecule has 104 valence electrons. The lowest BCUT2D eigenvalue weighted by Gasteiger charge is -2.31. The summed E-state index contributed by atoms with van der Waals surface area (Å²) in [6, 6.07) is 5.84. The Morgan fingerprint density at radius 1 is 1.47 bits per heavy atom. The Morgan fingerprint density at radius 2 is 2.26 bits per heavy atom. The summed E-state index contributed by atoms with van der Waals surface area (Å²) >= 11 is 0. The van der Waals surface area contributed by atoms with Crippen LogP contribution in [0.15, 0.2) is 18.2 Å². The van der Waals surface area contributed by atoms with Crippen LogP contribution in [0.25, 0.3) is 0 Å². The van der Waals surface area contributed by atoms with E-state index in [9.17, 15) is 4.79 Å². The van der Waals surface area contributed by atoms with Crippen LogP contribution in [0.1, 0.15) is 25.3 Å². The van der Waals surface area contributed by atoms with E-state index in [1.807, 2.05) is 30.1 Å². The van der Waals surface area contributed by atoms with Gasteiger partial charge in [0.15, 0.2) is 0 Å². The Hall–Kier alpha value is -1.55. The predicted octanol–water partition coefficient (Wildman–Crippen LogP) is 1.89. The van der Waals surface area contributed by atoms with Crippen LogP contribution in [0, 0.1) is 0 Å². The Bertz CT molecular complexity index is 459. The molecule has 0 saturated carbocycles. The van der Waals surface area contributed by atoms with Crippen molar-refractivity contribution in [1.82, 2.24) is 4.90 Å². The van der Waals surface area contributed by atoms with Gasteiger partial charge in [-0.25, -0.2) is 0 Å². The van der Waals surface area contributed by atoms with Gasteiger partial charge >= 0.3 is 0 Å². The molecular formula is C15H23N3O. The van der Waals surface area contributed by atoms with Crippen molar-refractivity contribution in [3.05, 3.63) is 23.8 Å². The molecular weight excluding hydrogens is 238 g/mol. The van der Waals surface area contributed by atoms with Gasteiger partial charge in [-0.3, -0.25) is 9.69 Å². The van der Waals surface area contributed by atoms with Crippen molar-refractivity contribution < 1.29 is 4.79 Å². The Labute approximate surface area is 115 Å². The second-order valence-electron chi connectivity index (χ2n) is 5.23. The fraction of sp³-hybridized carbons (Fsp3) is 0.533. The summed E-state index contributed by atoms with van der Waals surface area (Å²) in [5, 5.41) is 0. The van der Waals surface area contributed by atoms with Crippen LogP contribution in [0.3, 0.4) is 0 Å². The lowest BCUT2D eigenvalue weighted by molar-refractivity contribution is -0.119. The number of nitrogens with two attached hydrogens (primary N) is 1. The zero-order valence-corrected chi connectivity index (χ0v) is 11.9. The van der Waals surface area contributed by atoms with Gasteiger partial charge in [-0.15, -0.1) is 0 Å². The molecule has 0 saturated heterocycles. The van der Waals surface area contributed by atoms with Crippen LogP contribution < -0.4 is 10.6 Å². The molecule has 1 heterocycles. The van der Waals surface area contributed by atoms with Gasteiger partial charge in [0.25, 0.3) is 0 Å². The number of hydrogen-bond acceptors (Lipinski definition) is 3. The van der Waals surface area contributed by atoms with E-state index in [1.165, 1.54) is 0 Å². The van der Waals surface area contributed by atoms with Crippen LogP contribution in [-0.2, 0) is 11.2 Å². The van der Waals surface area contributed by atoms with E-state index >= 15 is 0 Å². The molecule has 0 spiro atoms. The summed E-state index contributed by atoms with van der Waals surface area (Å²) in [6.07, 6.45) is 3.02. The van der Waals surface area contributed by atoms with Crippen molar-refractivity contribution >= 4 is 17.3 Å². The molecule has 2 N–H and O–H groups in total. The average Bonchev–Trinajstić information content (AvgIpc) is 2.38. The van der Waals surface area contributed by atoms with Gasteiger partial charge in [0, 0.05) is 17.9 Å². The fourth-order valence-electron chi connectivity index (χ4n) is 2.69. The summed E-state index contributed by atoms with van der Waals surface area (Å²) in [4.78, 5) is 16.4. The average molecular weight is 261 g/mol. The molecule has 2 rings (SSSR count). The maximum atomic E-state index is 12.4. The van der Waals surface area contributed by atoms with Gasteiger partial charge in [0.05, 0.1) is 6.54 Å². The third-order valence-corrected chi connectivity index (χ3v) is 3.60. The van der Waals surface area contributed by atoms with Crippen LogP contribution in [0.4, 0.5) is 11.4 Å². The fourth-order valence-corrected chi connectivity index (χ4v) is 2.69. The summed E-state index contributed by atoms with van der Waals surface area (Å²) in [5.74, 6) is 0.169. The third-order valence-electron chi connectivity index (χ3n) is 3.60. The molecule has 0 bridgehead atoms. The lowest BCUT2D eigenvalue weighted by Crippen LogP contribution is -2.42. The van der Waals surface area contributed by atoms with Gasteiger partial charge in [-0.05, 0) is 50.6 Å². The standard InChI is InChI=1S/C15H23N3O/c1-3-9-17(2)11-15(19)18-10-5-6-12-13(16)7-4-8-14(12)18/h4,7-8H,3,5-6,9-11,16H2,1-2H3. The number of hydrogen-bond donors (Lipinski definition) is 1. The number of anilines is 2. The molecule has 1 aliphatic heterocycles. The summed E-state index contributed by atoms with van der Waals surface area (Å²) in [6.45, 7) is 4.35. The third kappa shape index (κ3) is 3.07. The number of carbonyl (C=O) groups excluding carboxylic acids is 1. The number of nitrogens with zero attached hydrogens (tertiary/aromatic N) is 2. The summed E-state index contributed by atoms with van der Waals surface area (Å²) < 4.78 is 0. The van der Waals surface area contributed by atoms with Gasteiger partial charge in [0.2, 0.25) is 5.91 Å². The highest BCUT2D eigenvalue weighted by molar-refractivity contribution is 5.96. The minimum absolute atomic E-state index is 0.169. The number of nitrogen functional groups attached to an aromatic ring is 1. The molecule has 0 unspecified atom stereocenters. The molecule has 0 fully saturated rings. The highest BCUT2D eigenvalue weighted by Gasteiger charge is 2.24. The Kier molecular flexibility index (Phi) is 4.43. The number of amides is 1. The van der Waals surface area contributed by atoms with Crippen LogP contribution in [0.5, 0.6) is 0 Å². The maximum absolute atomic E-state index is 12.4. The predicted molar refractivity (Wildman–Crippen MR) is 79.3 cm³/mol. The molecule has 1 aromatic rings. The molecule has 4 nitrogen and oxygen atoms in total. The smallest absolute Gasteiger partial charge is 0.241 e. The summed E-state index contributed by atoms with van der Waals surface area (Å²) in [5.41, 5.74) is 8.93. The molecule has 1 amide bonds. The first-order chi connectivity index (χ1) is 9.13. The zero-order valence-electron chi connectivity index (χ0n) is 11.9. The van der Waals surface area contributed by atoms with Crippen molar-refractivity contribution in [2.24, 2.45) is 0 Å². The first kappa shape index (κ1) is 13.9. The zero-order chi connectivity index (χ0) is 13.8. The van der Waals surface area contributed by atoms with E-state index in [4.69, 9.17) is 5.73 Å². The van der Waals surface area contributed by atoms with Crippen molar-refractivity contribution in [3.8, 4) is 0 Å². The van der Waals surface area contributed by atoms with E-state index in [-0.39, 0.29) is 5.91 Å². The normalized spacial score (nSPS) is 14.6. The number of carbonyl (C=O) groups is 1. The lowest BCUT2D eigenvalue weighted by atomic mass is 10.00. The molecule has 0 aromatic heterocycles. The van der Waals surface area contributed by atoms with Crippen molar-refractivity contribution in [1.29, 1.82) is 0 Å². The second kappa shape index (κ2) is 6.06. The molecule has 19 heavy (non-hydrogen) atoms. The van der Waals surface area contributed by atoms with Gasteiger partial charge < -0.3 is 10.6 Å². The Balaban J connectivity index is 2.15. The number of fused-ring (bicyclic) bond motifs is 1. The van der Waals surface area contributed by atoms with E-state index < -0.39 is 0 Å². The number of likely N-dealkylation sites (N-methyl/N-ethyl adjacent to an activating group) is 1. The van der Waals surface area contributed by atoms with E-state index in [0.717, 1.165) is 49.3 Å². The monoisotopic (exact) mass is 261 g/mol. The minimum Gasteiger partial charge on any atom is -0.398 e. The molecule has 1 aromatic carbocycles. The quantitative estimate of drug-likeness (QED) is 0.842. The number of rotatable bonds is 4. The Morgan fingerprint density at radius 3 is 3.00 bits per heavy atom. The topological polar surface area (TPSA) is 49.6 Å². The first-order valence-electron chi connectivity index (χ1n) is 6.99. The molecule has 4 heteroatoms. The van der Waals surface area contributed by atoms with E-state index in [2.05, 4.69) is 11.8 Å². The van der Waals surface area contributed by atoms with Crippen LogP contribution in [0.2, 0.25) is 0 Å². The number of benzene rings is 1. The summed E-state index contributed by atoms with van der Waals surface area (Å²) in [7, 11) is 1.99. The van der Waals surface area contributed by atoms with Crippen molar-refractivity contribution in [2.75, 3.05) is 37.3 Å². The van der Waals surface area contributed by atoms with Crippen LogP contribution >= 0.6 is 0 Å². The van der Waals surface area contributed by atoms with Crippen molar-refractivity contribution in [3.63, 3.8) is 0 Å². The molecule has 0 radical (unpaired) electrons. The minimum atomic E-state index is 0.169. The SMILES string of the molecule is CCCN(C)CC(=O)N1CCCc2c(N)cccc21. The van der Waals surface area contributed by atoms with E-state index in [1.54, 1.807) is 0 Å². The van der Waals surface area contributed by atoms with Crippen molar-refractivity contribution in [2.45, 2.75) is 26.2 Å². The van der Waals surface area contributed by atoms with Crippen LogP contribution in [-0.4, -0.2) is 37.5 Å². The van der Waals surface area contributed by atoms with Gasteiger partial charge in [0.1, 0.15) is 0 Å². The second-order valence-corrected chi connectivity index (χ2v) is 5.23. The van der Waals surface area contributed by atoms with E-state index in [0.29, 0.717) is 6.54 Å².